The molecule has 0 bridgehead atoms. The molecule has 0 aromatic carbocycles. The SMILES string of the molecule is CCOC(=O)C1CCN(C(=O)c2c(C)nc3c(Br)cc(C)cn23)CC1. The molecule has 1 aliphatic rings. The van der Waals surface area contributed by atoms with Crippen LogP contribution in [0, 0.1) is 19.8 Å². The number of halogens is 1. The maximum Gasteiger partial charge on any atom is 0.309 e. The quantitative estimate of drug-likeness (QED) is 0.733. The zero-order chi connectivity index (χ0) is 18.1. The summed E-state index contributed by atoms with van der Waals surface area (Å²) < 4.78 is 7.82. The minimum Gasteiger partial charge on any atom is -0.466 e. The fourth-order valence-corrected chi connectivity index (χ4v) is 3.97. The third-order valence-corrected chi connectivity index (χ3v) is 5.17. The number of aryl methyl sites for hydroxylation is 2. The van der Waals surface area contributed by atoms with E-state index in [1.54, 1.807) is 0 Å². The molecular formula is C18H22BrN3O3. The van der Waals surface area contributed by atoms with Crippen LogP contribution in [-0.2, 0) is 9.53 Å². The zero-order valence-corrected chi connectivity index (χ0v) is 16.3. The highest BCUT2D eigenvalue weighted by Gasteiger charge is 2.30. The Labute approximate surface area is 155 Å². The normalized spacial score (nSPS) is 15.6. The molecule has 0 saturated carbocycles. The number of likely N-dealkylation sites (tertiary alicyclic amines) is 1. The monoisotopic (exact) mass is 407 g/mol. The van der Waals surface area contributed by atoms with Gasteiger partial charge in [-0.2, -0.15) is 0 Å². The van der Waals surface area contributed by atoms with Gasteiger partial charge in [-0.1, -0.05) is 0 Å². The van der Waals surface area contributed by atoms with Crippen molar-refractivity contribution < 1.29 is 14.3 Å². The smallest absolute Gasteiger partial charge is 0.309 e. The first-order valence-corrected chi connectivity index (χ1v) is 9.32. The van der Waals surface area contributed by atoms with Gasteiger partial charge in [0.15, 0.2) is 5.65 Å². The highest BCUT2D eigenvalue weighted by atomic mass is 79.9. The third kappa shape index (κ3) is 3.42. The van der Waals surface area contributed by atoms with Gasteiger partial charge in [-0.15, -0.1) is 0 Å². The van der Waals surface area contributed by atoms with Crippen molar-refractivity contribution in [2.45, 2.75) is 33.6 Å². The van der Waals surface area contributed by atoms with E-state index in [9.17, 15) is 9.59 Å². The highest BCUT2D eigenvalue weighted by molar-refractivity contribution is 9.10. The minimum atomic E-state index is -0.153. The van der Waals surface area contributed by atoms with Gasteiger partial charge in [0.1, 0.15) is 5.69 Å². The van der Waals surface area contributed by atoms with Gasteiger partial charge in [-0.3, -0.25) is 14.0 Å². The van der Waals surface area contributed by atoms with Gasteiger partial charge in [0.05, 0.1) is 22.7 Å². The number of nitrogens with zero attached hydrogens (tertiary/aromatic N) is 3. The van der Waals surface area contributed by atoms with E-state index in [-0.39, 0.29) is 17.8 Å². The molecule has 0 spiro atoms. The first kappa shape index (κ1) is 17.9. The number of esters is 1. The Morgan fingerprint density at radius 3 is 2.64 bits per heavy atom. The summed E-state index contributed by atoms with van der Waals surface area (Å²) in [5, 5.41) is 0. The van der Waals surface area contributed by atoms with Gasteiger partial charge in [-0.05, 0) is 61.2 Å². The molecule has 3 rings (SSSR count). The van der Waals surface area contributed by atoms with Crippen molar-refractivity contribution in [1.29, 1.82) is 0 Å². The number of carbonyl (C=O) groups excluding carboxylic acids is 2. The topological polar surface area (TPSA) is 63.9 Å². The third-order valence-electron chi connectivity index (χ3n) is 4.59. The van der Waals surface area contributed by atoms with E-state index in [1.165, 1.54) is 0 Å². The summed E-state index contributed by atoms with van der Waals surface area (Å²) in [4.78, 5) is 31.3. The minimum absolute atomic E-state index is 0.0372. The van der Waals surface area contributed by atoms with E-state index in [4.69, 9.17) is 4.74 Å². The van der Waals surface area contributed by atoms with Gasteiger partial charge in [0, 0.05) is 19.3 Å². The van der Waals surface area contributed by atoms with Crippen molar-refractivity contribution in [3.63, 3.8) is 0 Å². The van der Waals surface area contributed by atoms with Gasteiger partial charge >= 0.3 is 5.97 Å². The van der Waals surface area contributed by atoms with Crippen LogP contribution in [0.5, 0.6) is 0 Å². The van der Waals surface area contributed by atoms with Crippen LogP contribution in [0.25, 0.3) is 5.65 Å². The van der Waals surface area contributed by atoms with E-state index in [2.05, 4.69) is 20.9 Å². The van der Waals surface area contributed by atoms with Crippen molar-refractivity contribution in [2.24, 2.45) is 5.92 Å². The molecule has 134 valence electrons. The molecule has 1 saturated heterocycles. The number of ether oxygens (including phenoxy) is 1. The van der Waals surface area contributed by atoms with Crippen LogP contribution in [0.2, 0.25) is 0 Å². The molecule has 0 unspecified atom stereocenters. The van der Waals surface area contributed by atoms with Crippen LogP contribution >= 0.6 is 15.9 Å². The number of pyridine rings is 1. The van der Waals surface area contributed by atoms with Crippen molar-refractivity contribution in [3.8, 4) is 0 Å². The van der Waals surface area contributed by atoms with Gasteiger partial charge in [0.2, 0.25) is 0 Å². The number of carbonyl (C=O) groups is 2. The summed E-state index contributed by atoms with van der Waals surface area (Å²) >= 11 is 3.52. The first-order valence-electron chi connectivity index (χ1n) is 8.53. The van der Waals surface area contributed by atoms with E-state index in [1.807, 2.05) is 42.3 Å². The molecule has 0 atom stereocenters. The van der Waals surface area contributed by atoms with Crippen molar-refractivity contribution in [2.75, 3.05) is 19.7 Å². The summed E-state index contributed by atoms with van der Waals surface area (Å²) in [5.41, 5.74) is 3.09. The predicted octanol–water partition coefficient (Wildman–Crippen LogP) is 3.13. The molecule has 3 heterocycles. The van der Waals surface area contributed by atoms with Crippen LogP contribution in [0.1, 0.15) is 41.5 Å². The second-order valence-corrected chi connectivity index (χ2v) is 7.28. The Balaban J connectivity index is 1.82. The molecule has 1 amide bonds. The zero-order valence-electron chi connectivity index (χ0n) is 14.7. The van der Waals surface area contributed by atoms with Crippen LogP contribution in [0.15, 0.2) is 16.7 Å². The van der Waals surface area contributed by atoms with Crippen molar-refractivity contribution in [1.82, 2.24) is 14.3 Å². The Hall–Kier alpha value is -1.89. The Morgan fingerprint density at radius 1 is 1.32 bits per heavy atom. The maximum atomic E-state index is 13.1. The molecular weight excluding hydrogens is 386 g/mol. The molecule has 0 N–H and O–H groups in total. The number of hydrogen-bond donors (Lipinski definition) is 0. The predicted molar refractivity (Wildman–Crippen MR) is 97.6 cm³/mol. The lowest BCUT2D eigenvalue weighted by Gasteiger charge is -2.30. The average Bonchev–Trinajstić information content (AvgIpc) is 2.91. The molecule has 2 aromatic heterocycles. The largest absolute Gasteiger partial charge is 0.466 e. The molecule has 2 aromatic rings. The Bertz CT molecular complexity index is 823. The van der Waals surface area contributed by atoms with E-state index in [0.29, 0.717) is 43.9 Å². The number of aromatic nitrogens is 2. The highest BCUT2D eigenvalue weighted by Crippen LogP contribution is 2.25. The second-order valence-electron chi connectivity index (χ2n) is 6.42. The summed E-state index contributed by atoms with van der Waals surface area (Å²) in [6, 6.07) is 1.99. The lowest BCUT2D eigenvalue weighted by atomic mass is 9.97. The average molecular weight is 408 g/mol. The number of rotatable bonds is 3. The molecule has 0 aliphatic carbocycles. The van der Waals surface area contributed by atoms with E-state index >= 15 is 0 Å². The summed E-state index contributed by atoms with van der Waals surface area (Å²) in [7, 11) is 0. The van der Waals surface area contributed by atoms with Gasteiger partial charge < -0.3 is 9.64 Å². The molecule has 1 aliphatic heterocycles. The number of fused-ring (bicyclic) bond motifs is 1. The van der Waals surface area contributed by atoms with Gasteiger partial charge in [0.25, 0.3) is 5.91 Å². The first-order chi connectivity index (χ1) is 11.9. The van der Waals surface area contributed by atoms with Gasteiger partial charge in [-0.25, -0.2) is 4.98 Å². The fraction of sp³-hybridized carbons (Fsp3) is 0.500. The lowest BCUT2D eigenvalue weighted by Crippen LogP contribution is -2.41. The van der Waals surface area contributed by atoms with Crippen LogP contribution < -0.4 is 0 Å². The van der Waals surface area contributed by atoms with E-state index in [0.717, 1.165) is 15.7 Å². The molecule has 7 heteroatoms. The number of imidazole rings is 1. The molecule has 1 fully saturated rings. The van der Waals surface area contributed by atoms with E-state index < -0.39 is 0 Å². The number of amides is 1. The molecule has 25 heavy (non-hydrogen) atoms. The lowest BCUT2D eigenvalue weighted by molar-refractivity contribution is -0.149. The van der Waals surface area contributed by atoms with Crippen molar-refractivity contribution in [3.05, 3.63) is 33.7 Å². The summed E-state index contributed by atoms with van der Waals surface area (Å²) in [6.07, 6.45) is 3.21. The van der Waals surface area contributed by atoms with Crippen LogP contribution in [0.3, 0.4) is 0 Å². The maximum absolute atomic E-state index is 13.1. The standard InChI is InChI=1S/C18H22BrN3O3/c1-4-25-18(24)13-5-7-21(8-6-13)17(23)15-12(3)20-16-14(19)9-11(2)10-22(15)16/h9-10,13H,4-8H2,1-3H3. The molecule has 0 radical (unpaired) electrons. The van der Waals surface area contributed by atoms with Crippen LogP contribution in [0.4, 0.5) is 0 Å². The Morgan fingerprint density at radius 2 is 2.00 bits per heavy atom. The van der Waals surface area contributed by atoms with Crippen molar-refractivity contribution >= 4 is 33.5 Å². The fourth-order valence-electron chi connectivity index (χ4n) is 3.33. The second kappa shape index (κ2) is 7.15. The van der Waals surface area contributed by atoms with Crippen LogP contribution in [-0.4, -0.2) is 45.9 Å². The summed E-state index contributed by atoms with van der Waals surface area (Å²) in [6.45, 7) is 7.16. The number of hydrogen-bond acceptors (Lipinski definition) is 4. The number of piperidine rings is 1. The molecule has 6 nitrogen and oxygen atoms in total. The summed E-state index contributed by atoms with van der Waals surface area (Å²) in [5.74, 6) is -0.298. The Kier molecular flexibility index (Phi) is 5.13.